The lowest BCUT2D eigenvalue weighted by Gasteiger charge is -2.22. The van der Waals surface area contributed by atoms with Crippen LogP contribution in [-0.2, 0) is 21.3 Å². The number of furan rings is 1. The number of nitrogens with zero attached hydrogens (tertiary/aromatic N) is 1. The van der Waals surface area contributed by atoms with Crippen LogP contribution in [0, 0.1) is 5.92 Å². The van der Waals surface area contributed by atoms with Crippen LogP contribution in [0.25, 0.3) is 0 Å². The number of carbonyl (C=O) groups is 1. The molecule has 6 nitrogen and oxygen atoms in total. The van der Waals surface area contributed by atoms with Crippen molar-refractivity contribution >= 4 is 27.6 Å². The zero-order chi connectivity index (χ0) is 20.1. The predicted octanol–water partition coefficient (Wildman–Crippen LogP) is 4.20. The van der Waals surface area contributed by atoms with Crippen LogP contribution in [0.3, 0.4) is 0 Å². The molecule has 2 atom stereocenters. The summed E-state index contributed by atoms with van der Waals surface area (Å²) in [7, 11) is -2.66. The van der Waals surface area contributed by atoms with Gasteiger partial charge >= 0.3 is 5.97 Å². The molecule has 2 saturated carbocycles. The minimum Gasteiger partial charge on any atom is -0.465 e. The fourth-order valence-electron chi connectivity index (χ4n) is 3.40. The van der Waals surface area contributed by atoms with Crippen molar-refractivity contribution in [2.24, 2.45) is 5.92 Å². The fraction of sp³-hybridized carbons (Fsp3) is 0.450. The molecule has 0 saturated heterocycles. The Morgan fingerprint density at radius 2 is 2.00 bits per heavy atom. The molecule has 28 heavy (non-hydrogen) atoms. The van der Waals surface area contributed by atoms with Gasteiger partial charge < -0.3 is 9.15 Å². The topological polar surface area (TPSA) is 76.8 Å². The number of rotatable bonds is 7. The van der Waals surface area contributed by atoms with Gasteiger partial charge in [-0.1, -0.05) is 18.5 Å². The van der Waals surface area contributed by atoms with Gasteiger partial charge in [0.05, 0.1) is 24.2 Å². The van der Waals surface area contributed by atoms with E-state index in [1.807, 2.05) is 12.1 Å². The standard InChI is InChI=1S/C20H22ClNO5S/c1-12-9-16(12)18-8-6-15(27-18)11-22(14-4-5-14)28(24,25)19-10-13(20(23)26-2)3-7-17(19)21/h3,6-8,10,12,14,16H,4-5,9,11H2,1-2H3. The highest BCUT2D eigenvalue weighted by Crippen LogP contribution is 2.47. The zero-order valence-corrected chi connectivity index (χ0v) is 17.3. The Bertz CT molecular complexity index is 1010. The van der Waals surface area contributed by atoms with Crippen LogP contribution in [0.1, 0.15) is 54.0 Å². The Labute approximate surface area is 169 Å². The number of hydrogen-bond acceptors (Lipinski definition) is 5. The van der Waals surface area contributed by atoms with Gasteiger partial charge in [-0.05, 0) is 55.5 Å². The van der Waals surface area contributed by atoms with Crippen LogP contribution < -0.4 is 0 Å². The second-order valence-corrected chi connectivity index (χ2v) is 9.81. The van der Waals surface area contributed by atoms with E-state index in [0.717, 1.165) is 25.0 Å². The lowest BCUT2D eigenvalue weighted by Crippen LogP contribution is -2.33. The fourth-order valence-corrected chi connectivity index (χ4v) is 5.55. The number of hydrogen-bond donors (Lipinski definition) is 0. The van der Waals surface area contributed by atoms with Crippen molar-refractivity contribution in [3.63, 3.8) is 0 Å². The van der Waals surface area contributed by atoms with Crippen LogP contribution in [-0.4, -0.2) is 31.8 Å². The Hall–Kier alpha value is -1.83. The van der Waals surface area contributed by atoms with Crippen LogP contribution in [0.5, 0.6) is 0 Å². The number of esters is 1. The SMILES string of the molecule is COC(=O)c1ccc(Cl)c(S(=O)(=O)N(Cc2ccc(C3CC3C)o2)C2CC2)c1. The first kappa shape index (κ1) is 19.5. The molecular weight excluding hydrogens is 402 g/mol. The Kier molecular flexibility index (Phi) is 5.02. The zero-order valence-electron chi connectivity index (χ0n) is 15.7. The summed E-state index contributed by atoms with van der Waals surface area (Å²) < 4.78 is 38.7. The number of ether oxygens (including phenoxy) is 1. The van der Waals surface area contributed by atoms with E-state index in [0.29, 0.717) is 17.6 Å². The molecule has 2 aromatic rings. The molecular formula is C20H22ClNO5S. The third-order valence-electron chi connectivity index (χ3n) is 5.36. The second kappa shape index (κ2) is 7.21. The number of benzene rings is 1. The smallest absolute Gasteiger partial charge is 0.337 e. The van der Waals surface area contributed by atoms with Gasteiger partial charge in [0.1, 0.15) is 16.4 Å². The molecule has 2 aliphatic rings. The monoisotopic (exact) mass is 423 g/mol. The molecule has 150 valence electrons. The number of halogens is 1. The van der Waals surface area contributed by atoms with Gasteiger partial charge in [0.15, 0.2) is 0 Å². The molecule has 2 unspecified atom stereocenters. The molecule has 2 aliphatic carbocycles. The first-order chi connectivity index (χ1) is 13.3. The number of sulfonamides is 1. The molecule has 4 rings (SSSR count). The van der Waals surface area contributed by atoms with Gasteiger partial charge in [0, 0.05) is 12.0 Å². The van der Waals surface area contributed by atoms with E-state index in [2.05, 4.69) is 6.92 Å². The van der Waals surface area contributed by atoms with E-state index in [1.165, 1.54) is 29.6 Å². The van der Waals surface area contributed by atoms with E-state index in [9.17, 15) is 13.2 Å². The normalized spacial score (nSPS) is 21.7. The quantitative estimate of drug-likeness (QED) is 0.624. The van der Waals surface area contributed by atoms with E-state index >= 15 is 0 Å². The Morgan fingerprint density at radius 3 is 2.61 bits per heavy atom. The summed E-state index contributed by atoms with van der Waals surface area (Å²) in [5.41, 5.74) is 0.143. The van der Waals surface area contributed by atoms with Crippen LogP contribution in [0.4, 0.5) is 0 Å². The van der Waals surface area contributed by atoms with Crippen molar-refractivity contribution in [3.8, 4) is 0 Å². The highest BCUT2D eigenvalue weighted by atomic mass is 35.5. The van der Waals surface area contributed by atoms with E-state index in [1.54, 1.807) is 0 Å². The average Bonchev–Trinajstić information content (AvgIpc) is 3.59. The first-order valence-electron chi connectivity index (χ1n) is 9.29. The summed E-state index contributed by atoms with van der Waals surface area (Å²) in [5, 5.41) is 0.0743. The van der Waals surface area contributed by atoms with E-state index in [4.69, 9.17) is 20.8 Å². The van der Waals surface area contributed by atoms with Crippen molar-refractivity contribution in [3.05, 3.63) is 52.4 Å². The lowest BCUT2D eigenvalue weighted by atomic mass is 10.2. The minimum absolute atomic E-state index is 0.0743. The van der Waals surface area contributed by atoms with Gasteiger partial charge in [-0.2, -0.15) is 4.31 Å². The maximum absolute atomic E-state index is 13.4. The van der Waals surface area contributed by atoms with E-state index < -0.39 is 16.0 Å². The molecule has 0 spiro atoms. The van der Waals surface area contributed by atoms with E-state index in [-0.39, 0.29) is 28.1 Å². The van der Waals surface area contributed by atoms with Gasteiger partial charge in [-0.25, -0.2) is 13.2 Å². The third-order valence-corrected chi connectivity index (χ3v) is 7.74. The van der Waals surface area contributed by atoms with Crippen molar-refractivity contribution in [1.82, 2.24) is 4.31 Å². The summed E-state index contributed by atoms with van der Waals surface area (Å²) in [6.07, 6.45) is 2.69. The largest absolute Gasteiger partial charge is 0.465 e. The predicted molar refractivity (Wildman–Crippen MR) is 104 cm³/mol. The lowest BCUT2D eigenvalue weighted by molar-refractivity contribution is 0.0600. The average molecular weight is 424 g/mol. The van der Waals surface area contributed by atoms with Crippen molar-refractivity contribution in [2.75, 3.05) is 7.11 Å². The third kappa shape index (κ3) is 3.71. The molecule has 0 N–H and O–H groups in total. The molecule has 0 amide bonds. The summed E-state index contributed by atoms with van der Waals surface area (Å²) in [5.74, 6) is 1.97. The van der Waals surface area contributed by atoms with Crippen molar-refractivity contribution in [1.29, 1.82) is 0 Å². The molecule has 2 fully saturated rings. The number of carbonyl (C=O) groups excluding carboxylic acids is 1. The highest BCUT2D eigenvalue weighted by molar-refractivity contribution is 7.89. The van der Waals surface area contributed by atoms with Gasteiger partial charge in [0.25, 0.3) is 0 Å². The number of methoxy groups -OCH3 is 1. The van der Waals surface area contributed by atoms with Crippen molar-refractivity contribution < 1.29 is 22.4 Å². The molecule has 1 aromatic heterocycles. The van der Waals surface area contributed by atoms with Gasteiger partial charge in [-0.15, -0.1) is 0 Å². The van der Waals surface area contributed by atoms with Gasteiger partial charge in [0.2, 0.25) is 10.0 Å². The van der Waals surface area contributed by atoms with Crippen LogP contribution in [0.15, 0.2) is 39.6 Å². The Morgan fingerprint density at radius 1 is 1.29 bits per heavy atom. The summed E-state index contributed by atoms with van der Waals surface area (Å²) in [6, 6.07) is 7.83. The minimum atomic E-state index is -3.90. The van der Waals surface area contributed by atoms with Crippen molar-refractivity contribution in [2.45, 2.75) is 49.6 Å². The summed E-state index contributed by atoms with van der Waals surface area (Å²) in [6.45, 7) is 2.32. The molecule has 1 aromatic carbocycles. The highest BCUT2D eigenvalue weighted by Gasteiger charge is 2.41. The molecule has 8 heteroatoms. The maximum atomic E-state index is 13.4. The van der Waals surface area contributed by atoms with Crippen LogP contribution in [0.2, 0.25) is 5.02 Å². The summed E-state index contributed by atoms with van der Waals surface area (Å²) >= 11 is 6.19. The molecule has 0 aliphatic heterocycles. The molecule has 1 heterocycles. The molecule has 0 radical (unpaired) electrons. The summed E-state index contributed by atoms with van der Waals surface area (Å²) in [4.78, 5) is 11.7. The molecule has 0 bridgehead atoms. The van der Waals surface area contributed by atoms with Crippen LogP contribution >= 0.6 is 11.6 Å². The Balaban J connectivity index is 1.64. The van der Waals surface area contributed by atoms with Gasteiger partial charge in [-0.3, -0.25) is 0 Å². The first-order valence-corrected chi connectivity index (χ1v) is 11.1. The maximum Gasteiger partial charge on any atom is 0.337 e. The second-order valence-electron chi connectivity index (χ2n) is 7.54.